The fraction of sp³-hybridized carbons (Fsp3) is 0.688. The zero-order valence-corrected chi connectivity index (χ0v) is 13.1. The predicted octanol–water partition coefficient (Wildman–Crippen LogP) is 2.99. The van der Waals surface area contributed by atoms with Crippen molar-refractivity contribution in [1.29, 1.82) is 0 Å². The van der Waals surface area contributed by atoms with Crippen LogP contribution in [0.4, 0.5) is 0 Å². The molecule has 0 saturated carbocycles. The molecule has 0 aliphatic carbocycles. The number of nitrogens with one attached hydrogen (secondary N) is 1. The molecule has 2 unspecified atom stereocenters. The minimum absolute atomic E-state index is 0.560. The van der Waals surface area contributed by atoms with E-state index in [0.717, 1.165) is 24.4 Å². The molecule has 1 rings (SSSR count). The fourth-order valence-corrected chi connectivity index (χ4v) is 2.80. The highest BCUT2D eigenvalue weighted by molar-refractivity contribution is 5.10. The number of aromatic nitrogens is 1. The summed E-state index contributed by atoms with van der Waals surface area (Å²) in [4.78, 5) is 7.03. The van der Waals surface area contributed by atoms with E-state index in [2.05, 4.69) is 55.3 Å². The van der Waals surface area contributed by atoms with Crippen LogP contribution in [-0.4, -0.2) is 36.1 Å². The number of hydrogen-bond acceptors (Lipinski definition) is 3. The number of rotatable bonds is 8. The van der Waals surface area contributed by atoms with Gasteiger partial charge >= 0.3 is 0 Å². The van der Waals surface area contributed by atoms with Crippen molar-refractivity contribution >= 4 is 0 Å². The van der Waals surface area contributed by atoms with E-state index in [0.29, 0.717) is 12.1 Å². The van der Waals surface area contributed by atoms with Crippen molar-refractivity contribution in [2.24, 2.45) is 0 Å². The number of aryl methyl sites for hydroxylation is 1. The summed E-state index contributed by atoms with van der Waals surface area (Å²) in [5.74, 6) is 0. The molecule has 0 amide bonds. The van der Waals surface area contributed by atoms with Gasteiger partial charge < -0.3 is 5.32 Å². The normalized spacial score (nSPS) is 14.6. The molecule has 0 spiro atoms. The minimum Gasteiger partial charge on any atom is -0.315 e. The van der Waals surface area contributed by atoms with Crippen LogP contribution >= 0.6 is 0 Å². The number of hydrogen-bond donors (Lipinski definition) is 1. The highest BCUT2D eigenvalue weighted by Crippen LogP contribution is 2.14. The van der Waals surface area contributed by atoms with Gasteiger partial charge in [-0.05, 0) is 46.0 Å². The third kappa shape index (κ3) is 4.92. The molecule has 3 heteroatoms. The van der Waals surface area contributed by atoms with Gasteiger partial charge in [0.2, 0.25) is 0 Å². The van der Waals surface area contributed by atoms with Crippen LogP contribution in [0.25, 0.3) is 0 Å². The van der Waals surface area contributed by atoms with E-state index in [4.69, 9.17) is 0 Å². The molecular weight excluding hydrogens is 234 g/mol. The Morgan fingerprint density at radius 2 is 2.05 bits per heavy atom. The fourth-order valence-electron chi connectivity index (χ4n) is 2.80. The molecule has 1 N–H and O–H groups in total. The van der Waals surface area contributed by atoms with E-state index in [9.17, 15) is 0 Å². The Morgan fingerprint density at radius 3 is 2.58 bits per heavy atom. The van der Waals surface area contributed by atoms with Gasteiger partial charge in [-0.2, -0.15) is 0 Å². The maximum absolute atomic E-state index is 4.60. The first-order valence-electron chi connectivity index (χ1n) is 7.42. The standard InChI is InChI=1S/C16H29N3/c1-6-9-15(17-4)16(7-2)19(5)12-14-11-8-10-13(3)18-14/h8,10-11,15-17H,6-7,9,12H2,1-5H3. The van der Waals surface area contributed by atoms with Crippen molar-refractivity contribution in [2.75, 3.05) is 14.1 Å². The first-order valence-corrected chi connectivity index (χ1v) is 7.42. The summed E-state index contributed by atoms with van der Waals surface area (Å²) in [6, 6.07) is 7.38. The smallest absolute Gasteiger partial charge is 0.0547 e. The summed E-state index contributed by atoms with van der Waals surface area (Å²) in [6.45, 7) is 7.49. The second-order valence-corrected chi connectivity index (χ2v) is 5.34. The molecule has 1 aromatic rings. The average Bonchev–Trinajstić information content (AvgIpc) is 2.38. The quantitative estimate of drug-likeness (QED) is 0.781. The number of nitrogens with zero attached hydrogens (tertiary/aromatic N) is 2. The molecule has 108 valence electrons. The highest BCUT2D eigenvalue weighted by atomic mass is 15.2. The average molecular weight is 263 g/mol. The van der Waals surface area contributed by atoms with Crippen LogP contribution in [0.3, 0.4) is 0 Å². The largest absolute Gasteiger partial charge is 0.315 e. The van der Waals surface area contributed by atoms with Gasteiger partial charge in [0, 0.05) is 24.3 Å². The maximum atomic E-state index is 4.60. The summed E-state index contributed by atoms with van der Waals surface area (Å²) < 4.78 is 0. The molecule has 0 radical (unpaired) electrons. The molecule has 0 fully saturated rings. The SMILES string of the molecule is CCCC(NC)C(CC)N(C)Cc1cccc(C)n1. The third-order valence-electron chi connectivity index (χ3n) is 3.78. The number of pyridine rings is 1. The molecule has 0 aliphatic rings. The molecule has 3 nitrogen and oxygen atoms in total. The lowest BCUT2D eigenvalue weighted by molar-refractivity contribution is 0.175. The minimum atomic E-state index is 0.560. The summed E-state index contributed by atoms with van der Waals surface area (Å²) in [5.41, 5.74) is 2.25. The van der Waals surface area contributed by atoms with E-state index >= 15 is 0 Å². The third-order valence-corrected chi connectivity index (χ3v) is 3.78. The Hall–Kier alpha value is -0.930. The van der Waals surface area contributed by atoms with Gasteiger partial charge in [-0.1, -0.05) is 26.3 Å². The van der Waals surface area contributed by atoms with Gasteiger partial charge in [-0.15, -0.1) is 0 Å². The molecule has 1 heterocycles. The molecule has 1 aromatic heterocycles. The van der Waals surface area contributed by atoms with Gasteiger partial charge in [0.05, 0.1) is 5.69 Å². The molecule has 19 heavy (non-hydrogen) atoms. The Bertz CT molecular complexity index is 365. The maximum Gasteiger partial charge on any atom is 0.0547 e. The van der Waals surface area contributed by atoms with Gasteiger partial charge in [0.25, 0.3) is 0 Å². The molecule has 0 aliphatic heterocycles. The second-order valence-electron chi connectivity index (χ2n) is 5.34. The lowest BCUT2D eigenvalue weighted by Crippen LogP contribution is -2.46. The van der Waals surface area contributed by atoms with Crippen LogP contribution in [0.1, 0.15) is 44.5 Å². The van der Waals surface area contributed by atoms with E-state index in [1.807, 2.05) is 13.0 Å². The van der Waals surface area contributed by atoms with Crippen LogP contribution < -0.4 is 5.32 Å². The molecule has 0 saturated heterocycles. The molecule has 0 bridgehead atoms. The Balaban J connectivity index is 2.70. The van der Waals surface area contributed by atoms with E-state index in [1.54, 1.807) is 0 Å². The Kier molecular flexibility index (Phi) is 7.03. The van der Waals surface area contributed by atoms with Crippen molar-refractivity contribution in [3.8, 4) is 0 Å². The summed E-state index contributed by atoms with van der Waals surface area (Å²) >= 11 is 0. The first kappa shape index (κ1) is 16.1. The van der Waals surface area contributed by atoms with Crippen molar-refractivity contribution < 1.29 is 0 Å². The van der Waals surface area contributed by atoms with E-state index < -0.39 is 0 Å². The lowest BCUT2D eigenvalue weighted by Gasteiger charge is -2.33. The number of likely N-dealkylation sites (N-methyl/N-ethyl adjacent to an activating group) is 2. The van der Waals surface area contributed by atoms with Crippen LogP contribution in [-0.2, 0) is 6.54 Å². The van der Waals surface area contributed by atoms with E-state index in [1.165, 1.54) is 12.8 Å². The summed E-state index contributed by atoms with van der Waals surface area (Å²) in [5, 5.41) is 3.47. The zero-order valence-electron chi connectivity index (χ0n) is 13.1. The Labute approximate surface area is 118 Å². The monoisotopic (exact) mass is 263 g/mol. The summed E-state index contributed by atoms with van der Waals surface area (Å²) in [6.07, 6.45) is 3.60. The zero-order chi connectivity index (χ0) is 14.3. The van der Waals surface area contributed by atoms with Crippen molar-refractivity contribution in [2.45, 2.75) is 58.7 Å². The van der Waals surface area contributed by atoms with Crippen molar-refractivity contribution in [3.05, 3.63) is 29.6 Å². The lowest BCUT2D eigenvalue weighted by atomic mass is 9.99. The topological polar surface area (TPSA) is 28.2 Å². The van der Waals surface area contributed by atoms with Crippen LogP contribution in [0, 0.1) is 6.92 Å². The highest BCUT2D eigenvalue weighted by Gasteiger charge is 2.22. The molecule has 2 atom stereocenters. The van der Waals surface area contributed by atoms with Crippen molar-refractivity contribution in [1.82, 2.24) is 15.2 Å². The molecule has 0 aromatic carbocycles. The van der Waals surface area contributed by atoms with Gasteiger partial charge in [0.15, 0.2) is 0 Å². The van der Waals surface area contributed by atoms with E-state index in [-0.39, 0.29) is 0 Å². The van der Waals surface area contributed by atoms with Crippen molar-refractivity contribution in [3.63, 3.8) is 0 Å². The van der Waals surface area contributed by atoms with Crippen LogP contribution in [0.5, 0.6) is 0 Å². The van der Waals surface area contributed by atoms with Gasteiger partial charge in [-0.3, -0.25) is 9.88 Å². The second kappa shape index (κ2) is 8.28. The summed E-state index contributed by atoms with van der Waals surface area (Å²) in [7, 11) is 4.28. The Morgan fingerprint density at radius 1 is 1.32 bits per heavy atom. The van der Waals surface area contributed by atoms with Crippen LogP contribution in [0.2, 0.25) is 0 Å². The van der Waals surface area contributed by atoms with Gasteiger partial charge in [0.1, 0.15) is 0 Å². The first-order chi connectivity index (χ1) is 9.12. The molecular formula is C16H29N3. The van der Waals surface area contributed by atoms with Crippen LogP contribution in [0.15, 0.2) is 18.2 Å². The van der Waals surface area contributed by atoms with Gasteiger partial charge in [-0.25, -0.2) is 0 Å². The predicted molar refractivity (Wildman–Crippen MR) is 82.3 cm³/mol.